The molecule has 2 aliphatic rings. The van der Waals surface area contributed by atoms with Crippen LogP contribution < -0.4 is 5.73 Å². The number of amidine groups is 2. The van der Waals surface area contributed by atoms with Crippen molar-refractivity contribution in [2.75, 3.05) is 13.7 Å². The van der Waals surface area contributed by atoms with Crippen molar-refractivity contribution in [3.05, 3.63) is 11.6 Å². The summed E-state index contributed by atoms with van der Waals surface area (Å²) in [5.41, 5.74) is 7.71. The minimum atomic E-state index is -0.0707. The van der Waals surface area contributed by atoms with Gasteiger partial charge in [0.25, 0.3) is 0 Å². The van der Waals surface area contributed by atoms with Gasteiger partial charge in [-0.1, -0.05) is 0 Å². The van der Waals surface area contributed by atoms with Gasteiger partial charge in [-0.2, -0.15) is 0 Å². The lowest BCUT2D eigenvalue weighted by atomic mass is 9.94. The maximum absolute atomic E-state index is 5.73. The number of allylic oxidation sites excluding steroid dienone is 1. The maximum atomic E-state index is 5.73. The number of fused-ring (bicyclic) bond motifs is 1. The van der Waals surface area contributed by atoms with E-state index in [0.717, 1.165) is 11.3 Å². The first kappa shape index (κ1) is 9.08. The van der Waals surface area contributed by atoms with Crippen molar-refractivity contribution < 1.29 is 4.74 Å². The fourth-order valence-electron chi connectivity index (χ4n) is 1.66. The second-order valence-corrected chi connectivity index (χ2v) is 3.32. The van der Waals surface area contributed by atoms with Crippen LogP contribution in [0.15, 0.2) is 26.8 Å². The average Bonchev–Trinajstić information content (AvgIpc) is 2.48. The Balaban J connectivity index is 2.34. The Labute approximate surface area is 82.1 Å². The normalized spacial score (nSPS) is 24.9. The molecule has 0 aliphatic carbocycles. The first-order valence-corrected chi connectivity index (χ1v) is 4.38. The van der Waals surface area contributed by atoms with E-state index in [0.29, 0.717) is 18.3 Å². The zero-order chi connectivity index (χ0) is 10.1. The van der Waals surface area contributed by atoms with E-state index in [2.05, 4.69) is 15.2 Å². The Morgan fingerprint density at radius 2 is 2.29 bits per heavy atom. The maximum Gasteiger partial charge on any atom is 0.166 e. The third-order valence-corrected chi connectivity index (χ3v) is 2.19. The molecule has 74 valence electrons. The summed E-state index contributed by atoms with van der Waals surface area (Å²) in [6.45, 7) is 2.45. The number of nitrogens with two attached hydrogens (primary N) is 1. The molecule has 0 amide bonds. The number of rotatable bonds is 2. The highest BCUT2D eigenvalue weighted by molar-refractivity contribution is 6.18. The minimum Gasteiger partial charge on any atom is -0.385 e. The third-order valence-electron chi connectivity index (χ3n) is 2.19. The molecule has 2 aliphatic heterocycles. The van der Waals surface area contributed by atoms with Crippen LogP contribution in [0.2, 0.25) is 0 Å². The molecule has 0 bridgehead atoms. The number of nitrogens with zero attached hydrogens (tertiary/aromatic N) is 3. The molecule has 0 unspecified atom stereocenters. The highest BCUT2D eigenvalue weighted by Crippen LogP contribution is 2.23. The predicted octanol–water partition coefficient (Wildman–Crippen LogP) is 0.334. The van der Waals surface area contributed by atoms with Crippen molar-refractivity contribution in [3.8, 4) is 0 Å². The van der Waals surface area contributed by atoms with Crippen LogP contribution in [0.1, 0.15) is 6.92 Å². The molecule has 2 heterocycles. The van der Waals surface area contributed by atoms with Crippen LogP contribution in [-0.4, -0.2) is 31.1 Å². The molecule has 2 rings (SSSR count). The average molecular weight is 192 g/mol. The molecule has 1 atom stereocenters. The van der Waals surface area contributed by atoms with Gasteiger partial charge in [0.05, 0.1) is 6.61 Å². The Kier molecular flexibility index (Phi) is 2.17. The monoisotopic (exact) mass is 192 g/mol. The molecule has 5 nitrogen and oxygen atoms in total. The van der Waals surface area contributed by atoms with E-state index in [-0.39, 0.29) is 5.92 Å². The largest absolute Gasteiger partial charge is 0.385 e. The summed E-state index contributed by atoms with van der Waals surface area (Å²) in [6, 6.07) is 0. The number of hydrogen-bond acceptors (Lipinski definition) is 5. The van der Waals surface area contributed by atoms with E-state index in [4.69, 9.17) is 10.5 Å². The van der Waals surface area contributed by atoms with Gasteiger partial charge >= 0.3 is 0 Å². The summed E-state index contributed by atoms with van der Waals surface area (Å²) < 4.78 is 5.10. The lowest BCUT2D eigenvalue weighted by Gasteiger charge is -2.18. The Bertz CT molecular complexity index is 378. The molecule has 0 saturated carbocycles. The zero-order valence-corrected chi connectivity index (χ0v) is 8.19. The summed E-state index contributed by atoms with van der Waals surface area (Å²) in [4.78, 5) is 4.27. The number of hydrogen-bond donors (Lipinski definition) is 1. The zero-order valence-electron chi connectivity index (χ0n) is 8.19. The SMILES string of the molecule is COCC1=CC(C)=NC2=NN=C(N)[C@H]12. The van der Waals surface area contributed by atoms with E-state index in [9.17, 15) is 0 Å². The van der Waals surface area contributed by atoms with Crippen molar-refractivity contribution >= 4 is 17.4 Å². The van der Waals surface area contributed by atoms with E-state index in [1.165, 1.54) is 0 Å². The smallest absolute Gasteiger partial charge is 0.166 e. The van der Waals surface area contributed by atoms with Crippen LogP contribution in [0.25, 0.3) is 0 Å². The topological polar surface area (TPSA) is 72.3 Å². The molecule has 0 aromatic rings. The van der Waals surface area contributed by atoms with Crippen LogP contribution in [-0.2, 0) is 4.74 Å². The molecule has 0 radical (unpaired) electrons. The highest BCUT2D eigenvalue weighted by atomic mass is 16.5. The second kappa shape index (κ2) is 3.34. The van der Waals surface area contributed by atoms with E-state index in [1.54, 1.807) is 7.11 Å². The highest BCUT2D eigenvalue weighted by Gasteiger charge is 2.31. The van der Waals surface area contributed by atoms with Crippen LogP contribution in [0, 0.1) is 5.92 Å². The number of methoxy groups -OCH3 is 1. The summed E-state index contributed by atoms with van der Waals surface area (Å²) >= 11 is 0. The van der Waals surface area contributed by atoms with E-state index < -0.39 is 0 Å². The van der Waals surface area contributed by atoms with Gasteiger partial charge in [0, 0.05) is 12.8 Å². The van der Waals surface area contributed by atoms with Crippen molar-refractivity contribution in [3.63, 3.8) is 0 Å². The standard InChI is InChI=1S/C9H12N4O/c1-5-3-6(4-14-2)7-8(10)12-13-9(7)11-5/h3,7H,4H2,1-2H3,(H2,10,12)/t7-/m0/s1. The minimum absolute atomic E-state index is 0.0707. The summed E-state index contributed by atoms with van der Waals surface area (Å²) in [6.07, 6.45) is 1.97. The molecule has 0 saturated heterocycles. The quantitative estimate of drug-likeness (QED) is 0.685. The Hall–Kier alpha value is -1.49. The number of dihydropyridines is 1. The van der Waals surface area contributed by atoms with Gasteiger partial charge in [0.1, 0.15) is 11.8 Å². The Morgan fingerprint density at radius 1 is 1.50 bits per heavy atom. The van der Waals surface area contributed by atoms with Gasteiger partial charge in [0.15, 0.2) is 5.84 Å². The van der Waals surface area contributed by atoms with Crippen molar-refractivity contribution in [1.29, 1.82) is 0 Å². The molecule has 0 aromatic carbocycles. The molecule has 0 spiro atoms. The molecule has 5 heteroatoms. The van der Waals surface area contributed by atoms with Crippen LogP contribution in [0.3, 0.4) is 0 Å². The first-order valence-electron chi connectivity index (χ1n) is 4.38. The molecular weight excluding hydrogens is 180 g/mol. The third kappa shape index (κ3) is 1.35. The van der Waals surface area contributed by atoms with E-state index >= 15 is 0 Å². The number of ether oxygens (including phenoxy) is 1. The van der Waals surface area contributed by atoms with Crippen molar-refractivity contribution in [2.45, 2.75) is 6.92 Å². The fraction of sp³-hybridized carbons (Fsp3) is 0.444. The second-order valence-electron chi connectivity index (χ2n) is 3.32. The van der Waals surface area contributed by atoms with Crippen molar-refractivity contribution in [2.24, 2.45) is 26.8 Å². The molecule has 2 N–H and O–H groups in total. The van der Waals surface area contributed by atoms with Gasteiger partial charge < -0.3 is 10.5 Å². The molecule has 0 aromatic heterocycles. The molecule has 14 heavy (non-hydrogen) atoms. The van der Waals surface area contributed by atoms with Gasteiger partial charge in [-0.25, -0.2) is 4.99 Å². The lowest BCUT2D eigenvalue weighted by Crippen LogP contribution is -2.32. The predicted molar refractivity (Wildman–Crippen MR) is 55.6 cm³/mol. The lowest BCUT2D eigenvalue weighted by molar-refractivity contribution is 0.222. The summed E-state index contributed by atoms with van der Waals surface area (Å²) in [5.74, 6) is 1.10. The molecular formula is C9H12N4O. The Morgan fingerprint density at radius 3 is 3.00 bits per heavy atom. The first-order chi connectivity index (χ1) is 6.72. The van der Waals surface area contributed by atoms with Gasteiger partial charge in [0.2, 0.25) is 0 Å². The van der Waals surface area contributed by atoms with E-state index in [1.807, 2.05) is 13.0 Å². The molecule has 0 fully saturated rings. The van der Waals surface area contributed by atoms with Gasteiger partial charge in [-0.3, -0.25) is 0 Å². The summed E-state index contributed by atoms with van der Waals surface area (Å²) in [5, 5.41) is 7.74. The van der Waals surface area contributed by atoms with Gasteiger partial charge in [-0.05, 0) is 18.6 Å². The van der Waals surface area contributed by atoms with Crippen LogP contribution >= 0.6 is 0 Å². The van der Waals surface area contributed by atoms with Crippen LogP contribution in [0.5, 0.6) is 0 Å². The summed E-state index contributed by atoms with van der Waals surface area (Å²) in [7, 11) is 1.65. The van der Waals surface area contributed by atoms with Crippen LogP contribution in [0.4, 0.5) is 0 Å². The fourth-order valence-corrected chi connectivity index (χ4v) is 1.66. The number of aliphatic imine (C=N–C) groups is 1. The van der Waals surface area contributed by atoms with Gasteiger partial charge in [-0.15, -0.1) is 10.2 Å². The van der Waals surface area contributed by atoms with Crippen molar-refractivity contribution in [1.82, 2.24) is 0 Å².